The summed E-state index contributed by atoms with van der Waals surface area (Å²) in [6.07, 6.45) is 3.56. The van der Waals surface area contributed by atoms with E-state index < -0.39 is 0 Å². The number of nitrogen functional groups attached to an aromatic ring is 1. The number of ether oxygens (including phenoxy) is 2. The van der Waals surface area contributed by atoms with Crippen molar-refractivity contribution in [3.8, 4) is 11.5 Å². The van der Waals surface area contributed by atoms with Crippen LogP contribution >= 0.6 is 11.6 Å². The van der Waals surface area contributed by atoms with Crippen LogP contribution in [-0.2, 0) is 0 Å². The van der Waals surface area contributed by atoms with Crippen LogP contribution in [-0.4, -0.2) is 23.2 Å². The van der Waals surface area contributed by atoms with E-state index in [2.05, 4.69) is 9.97 Å². The topological polar surface area (TPSA) is 70.3 Å². The Kier molecular flexibility index (Phi) is 3.06. The van der Waals surface area contributed by atoms with Crippen LogP contribution in [0.25, 0.3) is 10.9 Å². The molecular weight excluding hydrogens is 266 g/mol. The number of methoxy groups -OCH3 is 1. The van der Waals surface area contributed by atoms with Gasteiger partial charge in [-0.3, -0.25) is 0 Å². The first-order chi connectivity index (χ1) is 9.17. The van der Waals surface area contributed by atoms with Gasteiger partial charge in [-0.2, -0.15) is 0 Å². The van der Waals surface area contributed by atoms with Gasteiger partial charge < -0.3 is 15.2 Å². The third kappa shape index (κ3) is 2.26. The molecule has 0 saturated heterocycles. The highest BCUT2D eigenvalue weighted by Gasteiger charge is 2.22. The van der Waals surface area contributed by atoms with Crippen LogP contribution in [0.2, 0.25) is 5.28 Å². The van der Waals surface area contributed by atoms with Gasteiger partial charge in [0.25, 0.3) is 0 Å². The predicted molar refractivity (Wildman–Crippen MR) is 73.8 cm³/mol. The summed E-state index contributed by atoms with van der Waals surface area (Å²) in [7, 11) is 1.60. The van der Waals surface area contributed by atoms with E-state index >= 15 is 0 Å². The third-order valence-corrected chi connectivity index (χ3v) is 3.49. The molecule has 1 aliphatic rings. The Morgan fingerprint density at radius 2 is 2.11 bits per heavy atom. The lowest BCUT2D eigenvalue weighted by atomic mass is 9.96. The largest absolute Gasteiger partial charge is 0.497 e. The molecule has 2 N–H and O–H groups in total. The maximum atomic E-state index is 5.94. The second-order valence-electron chi connectivity index (χ2n) is 4.57. The summed E-state index contributed by atoms with van der Waals surface area (Å²) in [5.41, 5.74) is 6.56. The summed E-state index contributed by atoms with van der Waals surface area (Å²) < 4.78 is 11.2. The third-order valence-electron chi connectivity index (χ3n) is 3.32. The Morgan fingerprint density at radius 3 is 2.74 bits per heavy atom. The van der Waals surface area contributed by atoms with Gasteiger partial charge in [-0.05, 0) is 30.9 Å². The Hall–Kier alpha value is -1.75. The van der Waals surface area contributed by atoms with Gasteiger partial charge >= 0.3 is 0 Å². The molecule has 0 atom stereocenters. The van der Waals surface area contributed by atoms with E-state index in [0.29, 0.717) is 28.2 Å². The second-order valence-corrected chi connectivity index (χ2v) is 4.91. The summed E-state index contributed by atoms with van der Waals surface area (Å²) in [5, 5.41) is 0.810. The summed E-state index contributed by atoms with van der Waals surface area (Å²) in [5.74, 6) is 1.65. The van der Waals surface area contributed by atoms with Crippen molar-refractivity contribution in [3.63, 3.8) is 0 Å². The van der Waals surface area contributed by atoms with E-state index in [1.807, 2.05) is 6.07 Å². The number of benzene rings is 1. The van der Waals surface area contributed by atoms with Gasteiger partial charge in [-0.15, -0.1) is 0 Å². The lowest BCUT2D eigenvalue weighted by Crippen LogP contribution is -2.24. The van der Waals surface area contributed by atoms with E-state index in [9.17, 15) is 0 Å². The summed E-state index contributed by atoms with van der Waals surface area (Å²) in [6.45, 7) is 0. The molecule has 1 heterocycles. The minimum absolute atomic E-state index is 0.118. The smallest absolute Gasteiger partial charge is 0.224 e. The van der Waals surface area contributed by atoms with Gasteiger partial charge in [0, 0.05) is 12.1 Å². The van der Waals surface area contributed by atoms with Crippen molar-refractivity contribution in [1.82, 2.24) is 9.97 Å². The zero-order chi connectivity index (χ0) is 13.4. The second kappa shape index (κ2) is 4.74. The number of anilines is 1. The van der Waals surface area contributed by atoms with Crippen molar-refractivity contribution in [2.75, 3.05) is 12.8 Å². The number of hydrogen-bond acceptors (Lipinski definition) is 5. The fourth-order valence-electron chi connectivity index (χ4n) is 2.08. The van der Waals surface area contributed by atoms with Gasteiger partial charge in [0.2, 0.25) is 5.28 Å². The minimum Gasteiger partial charge on any atom is -0.497 e. The quantitative estimate of drug-likeness (QED) is 0.875. The number of hydrogen-bond donors (Lipinski definition) is 1. The summed E-state index contributed by atoms with van der Waals surface area (Å²) in [6, 6.07) is 3.58. The molecule has 19 heavy (non-hydrogen) atoms. The first kappa shape index (κ1) is 12.3. The first-order valence-corrected chi connectivity index (χ1v) is 6.52. The Bertz CT molecular complexity index is 629. The van der Waals surface area contributed by atoms with Crippen molar-refractivity contribution < 1.29 is 9.47 Å². The fraction of sp³-hybridized carbons (Fsp3) is 0.385. The van der Waals surface area contributed by atoms with Crippen LogP contribution in [0, 0.1) is 0 Å². The minimum atomic E-state index is 0.118. The Morgan fingerprint density at radius 1 is 1.32 bits per heavy atom. The van der Waals surface area contributed by atoms with Gasteiger partial charge in [-0.25, -0.2) is 9.97 Å². The number of nitrogens with two attached hydrogens (primary N) is 1. The van der Waals surface area contributed by atoms with Crippen molar-refractivity contribution >= 4 is 28.3 Å². The Balaban J connectivity index is 2.15. The molecule has 0 spiro atoms. The molecule has 100 valence electrons. The van der Waals surface area contributed by atoms with Crippen LogP contribution < -0.4 is 15.2 Å². The highest BCUT2D eigenvalue weighted by Crippen LogP contribution is 2.36. The molecule has 1 aliphatic carbocycles. The number of halogens is 1. The molecule has 1 aromatic heterocycles. The van der Waals surface area contributed by atoms with Crippen molar-refractivity contribution in [3.05, 3.63) is 17.4 Å². The molecule has 2 aromatic rings. The number of aromatic nitrogens is 2. The molecule has 0 unspecified atom stereocenters. The molecule has 1 fully saturated rings. The molecule has 0 aliphatic heterocycles. The standard InChI is InChI=1S/C13H14ClN3O2/c1-18-8-5-9-11(12(15)17-13(14)16-9)10(6-8)19-7-3-2-4-7/h5-7H,2-4H2,1H3,(H2,15,16,17). The lowest BCUT2D eigenvalue weighted by Gasteiger charge is -2.27. The summed E-state index contributed by atoms with van der Waals surface area (Å²) >= 11 is 5.83. The van der Waals surface area contributed by atoms with Crippen LogP contribution in [0.15, 0.2) is 12.1 Å². The van der Waals surface area contributed by atoms with Crippen molar-refractivity contribution in [2.45, 2.75) is 25.4 Å². The molecular formula is C13H14ClN3O2. The number of nitrogens with zero attached hydrogens (tertiary/aromatic N) is 2. The zero-order valence-electron chi connectivity index (χ0n) is 10.5. The zero-order valence-corrected chi connectivity index (χ0v) is 11.3. The van der Waals surface area contributed by atoms with Gasteiger partial charge in [0.15, 0.2) is 0 Å². The van der Waals surface area contributed by atoms with Gasteiger partial charge in [0.1, 0.15) is 17.3 Å². The molecule has 0 amide bonds. The monoisotopic (exact) mass is 279 g/mol. The summed E-state index contributed by atoms with van der Waals surface area (Å²) in [4.78, 5) is 8.15. The SMILES string of the molecule is COc1cc(OC2CCC2)c2c(N)nc(Cl)nc2c1. The Labute approximate surface area is 115 Å². The predicted octanol–water partition coefficient (Wildman–Crippen LogP) is 2.81. The van der Waals surface area contributed by atoms with Crippen LogP contribution in [0.5, 0.6) is 11.5 Å². The number of fused-ring (bicyclic) bond motifs is 1. The molecule has 6 heteroatoms. The maximum Gasteiger partial charge on any atom is 0.224 e. The molecule has 1 aromatic carbocycles. The highest BCUT2D eigenvalue weighted by molar-refractivity contribution is 6.28. The highest BCUT2D eigenvalue weighted by atomic mass is 35.5. The van der Waals surface area contributed by atoms with Crippen molar-refractivity contribution in [1.29, 1.82) is 0 Å². The van der Waals surface area contributed by atoms with Gasteiger partial charge in [-0.1, -0.05) is 0 Å². The molecule has 0 bridgehead atoms. The van der Waals surface area contributed by atoms with Gasteiger partial charge in [0.05, 0.1) is 24.1 Å². The van der Waals surface area contributed by atoms with E-state index in [1.165, 1.54) is 6.42 Å². The van der Waals surface area contributed by atoms with Crippen LogP contribution in [0.1, 0.15) is 19.3 Å². The molecule has 0 radical (unpaired) electrons. The van der Waals surface area contributed by atoms with Crippen molar-refractivity contribution in [2.24, 2.45) is 0 Å². The van der Waals surface area contributed by atoms with Crippen LogP contribution in [0.3, 0.4) is 0 Å². The van der Waals surface area contributed by atoms with E-state index in [-0.39, 0.29) is 11.4 Å². The fourth-order valence-corrected chi connectivity index (χ4v) is 2.26. The normalized spacial score (nSPS) is 15.3. The van der Waals surface area contributed by atoms with E-state index in [0.717, 1.165) is 12.8 Å². The number of rotatable bonds is 3. The van der Waals surface area contributed by atoms with E-state index in [4.69, 9.17) is 26.8 Å². The average Bonchev–Trinajstić information content (AvgIpc) is 2.32. The van der Waals surface area contributed by atoms with E-state index in [1.54, 1.807) is 13.2 Å². The molecule has 3 rings (SSSR count). The van der Waals surface area contributed by atoms with Crippen LogP contribution in [0.4, 0.5) is 5.82 Å². The maximum absolute atomic E-state index is 5.94. The lowest BCUT2D eigenvalue weighted by molar-refractivity contribution is 0.122. The first-order valence-electron chi connectivity index (χ1n) is 6.15. The molecule has 5 nitrogen and oxygen atoms in total. The molecule has 1 saturated carbocycles. The average molecular weight is 280 g/mol.